The van der Waals surface area contributed by atoms with Crippen LogP contribution in [0.3, 0.4) is 0 Å². The number of carbonyl (C=O) groups excluding carboxylic acids is 1. The lowest BCUT2D eigenvalue weighted by atomic mass is 9.77. The third-order valence-corrected chi connectivity index (χ3v) is 3.26. The standard InChI is InChI=1S/C12H22O2/c1-3-5-7-12(8-6-4-2)9-10-14-11(12)13/h3-10H2,1-2H3. The molecule has 1 fully saturated rings. The van der Waals surface area contributed by atoms with E-state index in [1.54, 1.807) is 0 Å². The van der Waals surface area contributed by atoms with E-state index in [-0.39, 0.29) is 11.4 Å². The van der Waals surface area contributed by atoms with E-state index in [0.717, 1.165) is 32.1 Å². The molecule has 1 heterocycles. The predicted octanol–water partition coefficient (Wildman–Crippen LogP) is 3.30. The van der Waals surface area contributed by atoms with Gasteiger partial charge in [-0.25, -0.2) is 0 Å². The van der Waals surface area contributed by atoms with Crippen molar-refractivity contribution in [1.82, 2.24) is 0 Å². The van der Waals surface area contributed by atoms with Crippen LogP contribution >= 0.6 is 0 Å². The predicted molar refractivity (Wildman–Crippen MR) is 57.1 cm³/mol. The summed E-state index contributed by atoms with van der Waals surface area (Å²) in [6.07, 6.45) is 7.65. The molecule has 1 rings (SSSR count). The summed E-state index contributed by atoms with van der Waals surface area (Å²) < 4.78 is 5.12. The zero-order valence-electron chi connectivity index (χ0n) is 9.47. The number of cyclic esters (lactones) is 1. The Bertz CT molecular complexity index is 179. The first-order valence-corrected chi connectivity index (χ1v) is 5.92. The third-order valence-electron chi connectivity index (χ3n) is 3.26. The minimum Gasteiger partial charge on any atom is -0.465 e. The maximum Gasteiger partial charge on any atom is 0.312 e. The van der Waals surface area contributed by atoms with Crippen LogP contribution in [0.25, 0.3) is 0 Å². The fraction of sp³-hybridized carbons (Fsp3) is 0.917. The largest absolute Gasteiger partial charge is 0.465 e. The molecule has 0 atom stereocenters. The molecule has 2 nitrogen and oxygen atoms in total. The van der Waals surface area contributed by atoms with E-state index in [4.69, 9.17) is 4.74 Å². The summed E-state index contributed by atoms with van der Waals surface area (Å²) in [7, 11) is 0. The first-order chi connectivity index (χ1) is 6.75. The van der Waals surface area contributed by atoms with Gasteiger partial charge in [-0.05, 0) is 19.3 Å². The molecule has 2 heteroatoms. The number of carbonyl (C=O) groups is 1. The van der Waals surface area contributed by atoms with Crippen LogP contribution in [0.15, 0.2) is 0 Å². The Morgan fingerprint density at radius 2 is 1.79 bits per heavy atom. The number of ether oxygens (including phenoxy) is 1. The van der Waals surface area contributed by atoms with E-state index in [1.807, 2.05) is 0 Å². The molecule has 0 spiro atoms. The Morgan fingerprint density at radius 3 is 2.14 bits per heavy atom. The molecule has 1 aliphatic rings. The lowest BCUT2D eigenvalue weighted by Crippen LogP contribution is -2.26. The van der Waals surface area contributed by atoms with E-state index < -0.39 is 0 Å². The Hall–Kier alpha value is -0.530. The van der Waals surface area contributed by atoms with Crippen LogP contribution in [0, 0.1) is 5.41 Å². The van der Waals surface area contributed by atoms with Crippen molar-refractivity contribution in [2.24, 2.45) is 5.41 Å². The van der Waals surface area contributed by atoms with Gasteiger partial charge in [0.1, 0.15) is 0 Å². The van der Waals surface area contributed by atoms with Gasteiger partial charge in [0.25, 0.3) is 0 Å². The van der Waals surface area contributed by atoms with Gasteiger partial charge in [0.2, 0.25) is 0 Å². The molecule has 0 saturated carbocycles. The highest BCUT2D eigenvalue weighted by Gasteiger charge is 2.42. The van der Waals surface area contributed by atoms with E-state index in [1.165, 1.54) is 12.8 Å². The Balaban J connectivity index is 2.53. The minimum absolute atomic E-state index is 0.0689. The molecule has 82 valence electrons. The van der Waals surface area contributed by atoms with Gasteiger partial charge >= 0.3 is 5.97 Å². The molecule has 0 aromatic carbocycles. The molecule has 0 aliphatic carbocycles. The molecule has 0 N–H and O–H groups in total. The number of rotatable bonds is 6. The van der Waals surface area contributed by atoms with Crippen molar-refractivity contribution < 1.29 is 9.53 Å². The second-order valence-electron chi connectivity index (χ2n) is 4.37. The summed E-state index contributed by atoms with van der Waals surface area (Å²) >= 11 is 0. The van der Waals surface area contributed by atoms with Gasteiger partial charge in [-0.2, -0.15) is 0 Å². The maximum atomic E-state index is 11.7. The van der Waals surface area contributed by atoms with Gasteiger partial charge in [0, 0.05) is 0 Å². The zero-order chi connectivity index (χ0) is 10.4. The summed E-state index contributed by atoms with van der Waals surface area (Å²) in [4.78, 5) is 11.7. The monoisotopic (exact) mass is 198 g/mol. The van der Waals surface area contributed by atoms with Crippen LogP contribution in [-0.4, -0.2) is 12.6 Å². The second kappa shape index (κ2) is 5.38. The Labute approximate surface area is 87.0 Å². The molecule has 0 radical (unpaired) electrons. The van der Waals surface area contributed by atoms with Crippen LogP contribution in [0.5, 0.6) is 0 Å². The molecule has 0 aromatic heterocycles. The lowest BCUT2D eigenvalue weighted by molar-refractivity contribution is -0.147. The van der Waals surface area contributed by atoms with Crippen molar-refractivity contribution in [2.45, 2.75) is 58.8 Å². The Kier molecular flexibility index (Phi) is 4.43. The molecule has 0 aromatic rings. The number of hydrogen-bond donors (Lipinski definition) is 0. The van der Waals surface area contributed by atoms with Crippen molar-refractivity contribution in [3.05, 3.63) is 0 Å². The highest BCUT2D eigenvalue weighted by molar-refractivity contribution is 5.78. The van der Waals surface area contributed by atoms with E-state index in [9.17, 15) is 4.79 Å². The highest BCUT2D eigenvalue weighted by Crippen LogP contribution is 2.40. The first-order valence-electron chi connectivity index (χ1n) is 5.92. The lowest BCUT2D eigenvalue weighted by Gasteiger charge is -2.24. The van der Waals surface area contributed by atoms with Gasteiger partial charge in [0.15, 0.2) is 0 Å². The number of esters is 1. The van der Waals surface area contributed by atoms with Crippen LogP contribution in [-0.2, 0) is 9.53 Å². The average molecular weight is 198 g/mol. The molecular formula is C12H22O2. The topological polar surface area (TPSA) is 26.3 Å². The number of hydrogen-bond acceptors (Lipinski definition) is 2. The van der Waals surface area contributed by atoms with E-state index in [0.29, 0.717) is 6.61 Å². The first kappa shape index (κ1) is 11.5. The second-order valence-corrected chi connectivity index (χ2v) is 4.37. The van der Waals surface area contributed by atoms with Gasteiger partial charge in [0.05, 0.1) is 12.0 Å². The van der Waals surface area contributed by atoms with Crippen molar-refractivity contribution in [2.75, 3.05) is 6.61 Å². The van der Waals surface area contributed by atoms with Crippen molar-refractivity contribution in [1.29, 1.82) is 0 Å². The summed E-state index contributed by atoms with van der Waals surface area (Å²) in [5, 5.41) is 0. The SMILES string of the molecule is CCCCC1(CCCC)CCOC1=O. The van der Waals surface area contributed by atoms with Crippen LogP contribution in [0.2, 0.25) is 0 Å². The van der Waals surface area contributed by atoms with Crippen molar-refractivity contribution in [3.63, 3.8) is 0 Å². The van der Waals surface area contributed by atoms with Gasteiger partial charge < -0.3 is 4.74 Å². The van der Waals surface area contributed by atoms with Gasteiger partial charge in [-0.3, -0.25) is 4.79 Å². The van der Waals surface area contributed by atoms with Crippen LogP contribution < -0.4 is 0 Å². The molecular weight excluding hydrogens is 176 g/mol. The van der Waals surface area contributed by atoms with Crippen molar-refractivity contribution in [3.8, 4) is 0 Å². The Morgan fingerprint density at radius 1 is 1.21 bits per heavy atom. The average Bonchev–Trinajstić information content (AvgIpc) is 2.55. The zero-order valence-corrected chi connectivity index (χ0v) is 9.47. The van der Waals surface area contributed by atoms with Gasteiger partial charge in [-0.15, -0.1) is 0 Å². The van der Waals surface area contributed by atoms with Gasteiger partial charge in [-0.1, -0.05) is 39.5 Å². The summed E-state index contributed by atoms with van der Waals surface area (Å²) in [6, 6.07) is 0. The summed E-state index contributed by atoms with van der Waals surface area (Å²) in [5.74, 6) is 0.0689. The molecule has 0 unspecified atom stereocenters. The molecule has 1 saturated heterocycles. The fourth-order valence-electron chi connectivity index (χ4n) is 2.20. The molecule has 14 heavy (non-hydrogen) atoms. The molecule has 0 amide bonds. The quantitative estimate of drug-likeness (QED) is 0.612. The third kappa shape index (κ3) is 2.49. The minimum atomic E-state index is -0.105. The fourth-order valence-corrected chi connectivity index (χ4v) is 2.20. The van der Waals surface area contributed by atoms with E-state index in [2.05, 4.69) is 13.8 Å². The summed E-state index contributed by atoms with van der Waals surface area (Å²) in [6.45, 7) is 4.99. The normalized spacial score (nSPS) is 19.7. The summed E-state index contributed by atoms with van der Waals surface area (Å²) in [5.41, 5.74) is -0.105. The van der Waals surface area contributed by atoms with E-state index >= 15 is 0 Å². The highest BCUT2D eigenvalue weighted by atomic mass is 16.5. The smallest absolute Gasteiger partial charge is 0.312 e. The van der Waals surface area contributed by atoms with Crippen molar-refractivity contribution >= 4 is 5.97 Å². The molecule has 1 aliphatic heterocycles. The van der Waals surface area contributed by atoms with Crippen LogP contribution in [0.1, 0.15) is 58.8 Å². The number of unbranched alkanes of at least 4 members (excludes halogenated alkanes) is 2. The molecule has 0 bridgehead atoms. The maximum absolute atomic E-state index is 11.7. The van der Waals surface area contributed by atoms with Crippen LogP contribution in [0.4, 0.5) is 0 Å².